The van der Waals surface area contributed by atoms with Gasteiger partial charge in [-0.15, -0.1) is 0 Å². The molecule has 0 spiro atoms. The molecule has 0 saturated heterocycles. The second-order valence-corrected chi connectivity index (χ2v) is 13.4. The summed E-state index contributed by atoms with van der Waals surface area (Å²) in [7, 11) is -2.96. The van der Waals surface area contributed by atoms with Crippen LogP contribution in [0.25, 0.3) is 0 Å². The summed E-state index contributed by atoms with van der Waals surface area (Å²) >= 11 is 0. The number of unbranched alkanes of at least 4 members (excludes halogenated alkanes) is 1. The number of hydrogen-bond acceptors (Lipinski definition) is 2. The van der Waals surface area contributed by atoms with Gasteiger partial charge in [-0.25, -0.2) is 0 Å². The summed E-state index contributed by atoms with van der Waals surface area (Å²) < 4.78 is 6.29. The number of rotatable bonds is 7. The Labute approximate surface area is 91.8 Å². The standard InChI is InChI=1S/C10H27NOSi2/c1-7-9-10-11-14(5,6)12-13(3,4)8-2/h11H,7-10H2,1-6H3. The number of hydrogen-bond donors (Lipinski definition) is 1. The largest absolute Gasteiger partial charge is 0.445 e. The van der Waals surface area contributed by atoms with E-state index in [1.165, 1.54) is 18.9 Å². The van der Waals surface area contributed by atoms with Crippen molar-refractivity contribution in [1.82, 2.24) is 4.98 Å². The average molecular weight is 234 g/mol. The van der Waals surface area contributed by atoms with Crippen molar-refractivity contribution in [2.75, 3.05) is 6.54 Å². The maximum atomic E-state index is 6.29. The van der Waals surface area contributed by atoms with Crippen LogP contribution in [0, 0.1) is 0 Å². The molecule has 1 N–H and O–H groups in total. The summed E-state index contributed by atoms with van der Waals surface area (Å²) in [5, 5.41) is 0. The molecule has 0 aliphatic carbocycles. The van der Waals surface area contributed by atoms with Gasteiger partial charge in [0.2, 0.25) is 0 Å². The van der Waals surface area contributed by atoms with E-state index in [-0.39, 0.29) is 0 Å². The van der Waals surface area contributed by atoms with Gasteiger partial charge in [0.25, 0.3) is 8.48 Å². The van der Waals surface area contributed by atoms with Crippen LogP contribution in [0.2, 0.25) is 32.2 Å². The Morgan fingerprint density at radius 1 is 1.07 bits per heavy atom. The van der Waals surface area contributed by atoms with Crippen LogP contribution in [-0.2, 0) is 4.12 Å². The molecule has 0 radical (unpaired) electrons. The molecule has 0 atom stereocenters. The van der Waals surface area contributed by atoms with Crippen molar-refractivity contribution in [2.45, 2.75) is 58.9 Å². The van der Waals surface area contributed by atoms with Crippen molar-refractivity contribution in [3.05, 3.63) is 0 Å². The fraction of sp³-hybridized carbons (Fsp3) is 1.00. The van der Waals surface area contributed by atoms with Crippen molar-refractivity contribution in [3.63, 3.8) is 0 Å². The lowest BCUT2D eigenvalue weighted by Crippen LogP contribution is -2.54. The van der Waals surface area contributed by atoms with Gasteiger partial charge in [0.15, 0.2) is 8.32 Å². The van der Waals surface area contributed by atoms with Crippen LogP contribution in [0.1, 0.15) is 26.7 Å². The molecule has 2 nitrogen and oxygen atoms in total. The molecule has 0 heterocycles. The second-order valence-electron chi connectivity index (χ2n) is 5.01. The van der Waals surface area contributed by atoms with E-state index >= 15 is 0 Å². The fourth-order valence-electron chi connectivity index (χ4n) is 1.37. The molecule has 0 saturated carbocycles. The summed E-state index contributed by atoms with van der Waals surface area (Å²) in [4.78, 5) is 3.60. The van der Waals surface area contributed by atoms with E-state index in [1.54, 1.807) is 0 Å². The molecule has 14 heavy (non-hydrogen) atoms. The Bertz CT molecular complexity index is 160. The third kappa shape index (κ3) is 6.76. The SMILES string of the molecule is CCCCN[Si](C)(C)O[Si](C)(C)CC. The first-order valence-corrected chi connectivity index (χ1v) is 11.8. The minimum Gasteiger partial charge on any atom is -0.445 e. The Morgan fingerprint density at radius 3 is 2.07 bits per heavy atom. The van der Waals surface area contributed by atoms with Gasteiger partial charge in [-0.3, -0.25) is 0 Å². The smallest absolute Gasteiger partial charge is 0.251 e. The van der Waals surface area contributed by atoms with Crippen molar-refractivity contribution in [2.24, 2.45) is 0 Å². The molecule has 0 unspecified atom stereocenters. The van der Waals surface area contributed by atoms with Crippen molar-refractivity contribution < 1.29 is 4.12 Å². The first-order chi connectivity index (χ1) is 6.33. The van der Waals surface area contributed by atoms with E-state index in [2.05, 4.69) is 45.0 Å². The highest BCUT2D eigenvalue weighted by molar-refractivity contribution is 6.83. The summed E-state index contributed by atoms with van der Waals surface area (Å²) in [5.41, 5.74) is 0. The van der Waals surface area contributed by atoms with Gasteiger partial charge < -0.3 is 9.10 Å². The van der Waals surface area contributed by atoms with E-state index in [0.717, 1.165) is 6.54 Å². The molecule has 0 aromatic rings. The van der Waals surface area contributed by atoms with Crippen LogP contribution in [0.15, 0.2) is 0 Å². The lowest BCUT2D eigenvalue weighted by atomic mass is 10.3. The van der Waals surface area contributed by atoms with Crippen molar-refractivity contribution >= 4 is 16.8 Å². The normalized spacial score (nSPS) is 13.3. The minimum absolute atomic E-state index is 1.11. The number of nitrogens with one attached hydrogen (secondary N) is 1. The van der Waals surface area contributed by atoms with Crippen LogP contribution < -0.4 is 4.98 Å². The van der Waals surface area contributed by atoms with Gasteiger partial charge in [0.1, 0.15) is 0 Å². The molecular weight excluding hydrogens is 206 g/mol. The average Bonchev–Trinajstić information content (AvgIpc) is 2.03. The molecular formula is C10H27NOSi2. The monoisotopic (exact) mass is 233 g/mol. The minimum atomic E-state index is -1.59. The van der Waals surface area contributed by atoms with E-state index in [0.29, 0.717) is 0 Å². The molecule has 0 aliphatic heterocycles. The van der Waals surface area contributed by atoms with Gasteiger partial charge in [0.05, 0.1) is 0 Å². The van der Waals surface area contributed by atoms with Crippen molar-refractivity contribution in [3.8, 4) is 0 Å². The lowest BCUT2D eigenvalue weighted by Gasteiger charge is -2.33. The molecule has 0 fully saturated rings. The molecule has 0 aromatic carbocycles. The predicted octanol–water partition coefficient (Wildman–Crippen LogP) is 3.32. The zero-order valence-corrected chi connectivity index (χ0v) is 12.7. The van der Waals surface area contributed by atoms with Gasteiger partial charge in [-0.05, 0) is 45.2 Å². The van der Waals surface area contributed by atoms with Crippen LogP contribution in [0.3, 0.4) is 0 Å². The Morgan fingerprint density at radius 2 is 1.64 bits per heavy atom. The van der Waals surface area contributed by atoms with E-state index in [9.17, 15) is 0 Å². The zero-order chi connectivity index (χ0) is 11.2. The van der Waals surface area contributed by atoms with Gasteiger partial charge >= 0.3 is 0 Å². The maximum Gasteiger partial charge on any atom is 0.251 e. The zero-order valence-electron chi connectivity index (χ0n) is 10.7. The summed E-state index contributed by atoms with van der Waals surface area (Å²) in [6.07, 6.45) is 2.51. The molecule has 0 aliphatic rings. The first kappa shape index (κ1) is 14.4. The van der Waals surface area contributed by atoms with Gasteiger partial charge in [0, 0.05) is 0 Å². The van der Waals surface area contributed by atoms with Gasteiger partial charge in [-0.2, -0.15) is 0 Å². The van der Waals surface area contributed by atoms with E-state index in [4.69, 9.17) is 4.12 Å². The molecule has 0 amide bonds. The molecule has 0 aromatic heterocycles. The van der Waals surface area contributed by atoms with Crippen LogP contribution in [0.4, 0.5) is 0 Å². The Balaban J connectivity index is 3.93. The quantitative estimate of drug-likeness (QED) is 0.538. The molecule has 4 heteroatoms. The first-order valence-electron chi connectivity index (χ1n) is 5.78. The highest BCUT2D eigenvalue weighted by atomic mass is 28.4. The highest BCUT2D eigenvalue weighted by Crippen LogP contribution is 2.15. The lowest BCUT2D eigenvalue weighted by molar-refractivity contribution is 0.515. The second kappa shape index (κ2) is 6.05. The fourth-order valence-corrected chi connectivity index (χ4v) is 8.54. The Hall–Kier alpha value is 0.354. The third-order valence-electron chi connectivity index (χ3n) is 2.46. The summed E-state index contributed by atoms with van der Waals surface area (Å²) in [6.45, 7) is 14.7. The Kier molecular flexibility index (Phi) is 6.20. The topological polar surface area (TPSA) is 21.3 Å². The molecule has 86 valence electrons. The van der Waals surface area contributed by atoms with E-state index < -0.39 is 16.8 Å². The molecule has 0 rings (SSSR count). The third-order valence-corrected chi connectivity index (χ3v) is 9.52. The highest BCUT2D eigenvalue weighted by Gasteiger charge is 2.31. The van der Waals surface area contributed by atoms with Crippen molar-refractivity contribution in [1.29, 1.82) is 0 Å². The van der Waals surface area contributed by atoms with Crippen LogP contribution in [-0.4, -0.2) is 23.3 Å². The summed E-state index contributed by atoms with van der Waals surface area (Å²) in [6, 6.07) is 1.21. The van der Waals surface area contributed by atoms with Crippen LogP contribution in [0.5, 0.6) is 0 Å². The summed E-state index contributed by atoms with van der Waals surface area (Å²) in [5.74, 6) is 0. The van der Waals surface area contributed by atoms with E-state index in [1.807, 2.05) is 0 Å². The molecule has 0 bridgehead atoms. The predicted molar refractivity (Wildman–Crippen MR) is 69.4 cm³/mol. The van der Waals surface area contributed by atoms with Gasteiger partial charge in [-0.1, -0.05) is 20.3 Å². The maximum absolute atomic E-state index is 6.29. The van der Waals surface area contributed by atoms with Crippen LogP contribution >= 0.6 is 0 Å².